The number of ether oxygens (including phenoxy) is 2. The Labute approximate surface area is 156 Å². The Morgan fingerprint density at radius 1 is 1.23 bits per heavy atom. The lowest BCUT2D eigenvalue weighted by molar-refractivity contribution is -0.126. The lowest BCUT2D eigenvalue weighted by atomic mass is 10.1. The number of fused-ring (bicyclic) bond motifs is 1. The van der Waals surface area contributed by atoms with Gasteiger partial charge in [0.25, 0.3) is 5.91 Å². The summed E-state index contributed by atoms with van der Waals surface area (Å²) in [6.07, 6.45) is 0. The third-order valence-electron chi connectivity index (χ3n) is 4.09. The van der Waals surface area contributed by atoms with E-state index in [0.717, 1.165) is 5.69 Å². The van der Waals surface area contributed by atoms with E-state index < -0.39 is 6.04 Å². The Kier molecular flexibility index (Phi) is 5.32. The summed E-state index contributed by atoms with van der Waals surface area (Å²) in [5.41, 5.74) is 1.41. The van der Waals surface area contributed by atoms with Crippen molar-refractivity contribution in [2.24, 2.45) is 0 Å². The molecule has 136 valence electrons. The molecule has 0 saturated carbocycles. The summed E-state index contributed by atoms with van der Waals surface area (Å²) < 4.78 is 11.0. The number of benzene rings is 2. The number of hydrogen-bond acceptors (Lipinski definition) is 4. The predicted octanol–water partition coefficient (Wildman–Crippen LogP) is 2.95. The second-order valence-corrected chi connectivity index (χ2v) is 6.26. The molecular weight excluding hydrogens is 356 g/mol. The summed E-state index contributed by atoms with van der Waals surface area (Å²) in [5, 5.41) is 3.19. The molecule has 2 aromatic rings. The maximum absolute atomic E-state index is 12.8. The van der Waals surface area contributed by atoms with Crippen LogP contribution in [0.25, 0.3) is 0 Å². The van der Waals surface area contributed by atoms with Crippen LogP contribution in [0, 0.1) is 0 Å². The molecule has 1 N–H and O–H groups in total. The van der Waals surface area contributed by atoms with E-state index in [9.17, 15) is 9.59 Å². The molecule has 1 heterocycles. The molecule has 1 aliphatic heterocycles. The topological polar surface area (TPSA) is 67.9 Å². The van der Waals surface area contributed by atoms with Crippen molar-refractivity contribution in [1.82, 2.24) is 5.32 Å². The van der Waals surface area contributed by atoms with Gasteiger partial charge in [-0.1, -0.05) is 23.7 Å². The van der Waals surface area contributed by atoms with Crippen molar-refractivity contribution in [3.63, 3.8) is 0 Å². The van der Waals surface area contributed by atoms with E-state index in [0.29, 0.717) is 28.6 Å². The minimum atomic E-state index is -0.729. The Morgan fingerprint density at radius 3 is 2.65 bits per heavy atom. The van der Waals surface area contributed by atoms with Gasteiger partial charge in [0.2, 0.25) is 5.91 Å². The summed E-state index contributed by atoms with van der Waals surface area (Å²) in [6.45, 7) is 1.99. The van der Waals surface area contributed by atoms with Gasteiger partial charge >= 0.3 is 0 Å². The Hall–Kier alpha value is -2.73. The Morgan fingerprint density at radius 2 is 1.96 bits per heavy atom. The SMILES string of the molecule is COc1ccccc1OCCN1C(=O)[C@H](NC(C)=O)c2cc(Cl)ccc21. The molecule has 0 aromatic heterocycles. The number of nitrogens with zero attached hydrogens (tertiary/aromatic N) is 1. The monoisotopic (exact) mass is 374 g/mol. The van der Waals surface area contributed by atoms with Gasteiger partial charge in [0, 0.05) is 23.2 Å². The molecule has 1 atom stereocenters. The number of halogens is 1. The van der Waals surface area contributed by atoms with Gasteiger partial charge in [-0.3, -0.25) is 9.59 Å². The maximum Gasteiger partial charge on any atom is 0.254 e. The zero-order valence-corrected chi connectivity index (χ0v) is 15.2. The fourth-order valence-corrected chi connectivity index (χ4v) is 3.15. The van der Waals surface area contributed by atoms with Gasteiger partial charge < -0.3 is 19.7 Å². The van der Waals surface area contributed by atoms with E-state index >= 15 is 0 Å². The number of rotatable bonds is 6. The van der Waals surface area contributed by atoms with E-state index in [-0.39, 0.29) is 18.4 Å². The molecule has 7 heteroatoms. The van der Waals surface area contributed by atoms with Crippen molar-refractivity contribution in [3.05, 3.63) is 53.1 Å². The van der Waals surface area contributed by atoms with Crippen LogP contribution in [0.4, 0.5) is 5.69 Å². The minimum absolute atomic E-state index is 0.207. The number of anilines is 1. The number of para-hydroxylation sites is 2. The van der Waals surface area contributed by atoms with Crippen molar-refractivity contribution in [1.29, 1.82) is 0 Å². The fraction of sp³-hybridized carbons (Fsp3) is 0.263. The van der Waals surface area contributed by atoms with Crippen molar-refractivity contribution >= 4 is 29.1 Å². The average Bonchev–Trinajstić information content (AvgIpc) is 2.87. The fourth-order valence-electron chi connectivity index (χ4n) is 2.97. The van der Waals surface area contributed by atoms with Gasteiger partial charge in [-0.05, 0) is 30.3 Å². The highest BCUT2D eigenvalue weighted by atomic mass is 35.5. The number of carbonyl (C=O) groups excluding carboxylic acids is 2. The predicted molar refractivity (Wildman–Crippen MR) is 98.9 cm³/mol. The molecule has 0 aliphatic carbocycles. The number of carbonyl (C=O) groups is 2. The number of methoxy groups -OCH3 is 1. The van der Waals surface area contributed by atoms with Crippen LogP contribution in [0.5, 0.6) is 11.5 Å². The number of amides is 2. The quantitative estimate of drug-likeness (QED) is 0.844. The summed E-state index contributed by atoms with van der Waals surface area (Å²) in [7, 11) is 1.57. The molecule has 2 amide bonds. The highest BCUT2D eigenvalue weighted by Gasteiger charge is 2.37. The van der Waals surface area contributed by atoms with Crippen LogP contribution < -0.4 is 19.7 Å². The van der Waals surface area contributed by atoms with Gasteiger partial charge in [0.05, 0.1) is 13.7 Å². The van der Waals surface area contributed by atoms with Crippen LogP contribution in [0.2, 0.25) is 5.02 Å². The molecule has 1 aliphatic rings. The molecule has 2 aromatic carbocycles. The van der Waals surface area contributed by atoms with Crippen molar-refractivity contribution in [2.75, 3.05) is 25.2 Å². The van der Waals surface area contributed by atoms with E-state index in [2.05, 4.69) is 5.32 Å². The van der Waals surface area contributed by atoms with Gasteiger partial charge in [-0.15, -0.1) is 0 Å². The highest BCUT2D eigenvalue weighted by Crippen LogP contribution is 2.37. The molecule has 0 radical (unpaired) electrons. The molecule has 0 saturated heterocycles. The second-order valence-electron chi connectivity index (χ2n) is 5.83. The van der Waals surface area contributed by atoms with Gasteiger partial charge in [0.15, 0.2) is 11.5 Å². The standard InChI is InChI=1S/C19H19ClN2O4/c1-12(23)21-18-14-11-13(20)7-8-15(14)22(19(18)24)9-10-26-17-6-4-3-5-16(17)25-2/h3-8,11,18H,9-10H2,1-2H3,(H,21,23)/t18-/m1/s1. The summed E-state index contributed by atoms with van der Waals surface area (Å²) in [5.74, 6) is 0.752. The molecular formula is C19H19ClN2O4. The van der Waals surface area contributed by atoms with Gasteiger partial charge in [-0.25, -0.2) is 0 Å². The summed E-state index contributed by atoms with van der Waals surface area (Å²) >= 11 is 6.06. The first-order valence-electron chi connectivity index (χ1n) is 8.15. The lowest BCUT2D eigenvalue weighted by Crippen LogP contribution is -2.38. The minimum Gasteiger partial charge on any atom is -0.493 e. The van der Waals surface area contributed by atoms with Crippen molar-refractivity contribution in [3.8, 4) is 11.5 Å². The van der Waals surface area contributed by atoms with Crippen molar-refractivity contribution in [2.45, 2.75) is 13.0 Å². The van der Waals surface area contributed by atoms with Crippen LogP contribution in [0.3, 0.4) is 0 Å². The molecule has 6 nitrogen and oxygen atoms in total. The molecule has 0 spiro atoms. The summed E-state index contributed by atoms with van der Waals surface area (Å²) in [4.78, 5) is 25.8. The second kappa shape index (κ2) is 7.66. The third kappa shape index (κ3) is 3.60. The highest BCUT2D eigenvalue weighted by molar-refractivity contribution is 6.31. The van der Waals surface area contributed by atoms with Gasteiger partial charge in [-0.2, -0.15) is 0 Å². The van der Waals surface area contributed by atoms with Crippen LogP contribution in [0.15, 0.2) is 42.5 Å². The third-order valence-corrected chi connectivity index (χ3v) is 4.33. The first-order chi connectivity index (χ1) is 12.5. The summed E-state index contributed by atoms with van der Waals surface area (Å²) in [6, 6.07) is 11.8. The Bertz CT molecular complexity index is 840. The normalized spacial score (nSPS) is 15.6. The first-order valence-corrected chi connectivity index (χ1v) is 8.53. The van der Waals surface area contributed by atoms with E-state index in [1.807, 2.05) is 12.1 Å². The van der Waals surface area contributed by atoms with Crippen LogP contribution in [-0.2, 0) is 9.59 Å². The molecule has 26 heavy (non-hydrogen) atoms. The number of nitrogens with one attached hydrogen (secondary N) is 1. The van der Waals surface area contributed by atoms with E-state index in [1.165, 1.54) is 6.92 Å². The smallest absolute Gasteiger partial charge is 0.254 e. The average molecular weight is 375 g/mol. The zero-order chi connectivity index (χ0) is 18.7. The maximum atomic E-state index is 12.8. The molecule has 3 rings (SSSR count). The molecule has 0 fully saturated rings. The van der Waals surface area contributed by atoms with Crippen LogP contribution in [0.1, 0.15) is 18.5 Å². The Balaban J connectivity index is 1.76. The van der Waals surface area contributed by atoms with Crippen LogP contribution in [-0.4, -0.2) is 32.1 Å². The number of hydrogen-bond donors (Lipinski definition) is 1. The largest absolute Gasteiger partial charge is 0.493 e. The van der Waals surface area contributed by atoms with E-state index in [1.54, 1.807) is 42.3 Å². The lowest BCUT2D eigenvalue weighted by Gasteiger charge is -2.19. The molecule has 0 unspecified atom stereocenters. The van der Waals surface area contributed by atoms with E-state index in [4.69, 9.17) is 21.1 Å². The van der Waals surface area contributed by atoms with Crippen LogP contribution >= 0.6 is 11.6 Å². The molecule has 0 bridgehead atoms. The zero-order valence-electron chi connectivity index (χ0n) is 14.5. The van der Waals surface area contributed by atoms with Crippen molar-refractivity contribution < 1.29 is 19.1 Å². The van der Waals surface area contributed by atoms with Gasteiger partial charge in [0.1, 0.15) is 12.6 Å². The first kappa shape index (κ1) is 18.1.